The van der Waals surface area contributed by atoms with Gasteiger partial charge in [0.2, 0.25) is 5.82 Å². The third-order valence-electron chi connectivity index (χ3n) is 4.94. The number of aromatic nitrogens is 3. The van der Waals surface area contributed by atoms with Gasteiger partial charge in [0, 0.05) is 26.1 Å². The molecule has 2 aromatic rings. The normalized spacial score (nSPS) is 19.4. The number of likely N-dealkylation sites (tertiary alicyclic amines) is 1. The van der Waals surface area contributed by atoms with E-state index in [-0.39, 0.29) is 43.5 Å². The molecule has 1 aliphatic rings. The topological polar surface area (TPSA) is 97.5 Å². The summed E-state index contributed by atoms with van der Waals surface area (Å²) < 4.78 is 20.6. The van der Waals surface area contributed by atoms with Crippen molar-refractivity contribution in [3.8, 4) is 5.69 Å². The molecule has 2 heterocycles. The third-order valence-corrected chi connectivity index (χ3v) is 4.94. The summed E-state index contributed by atoms with van der Waals surface area (Å²) in [6.45, 7) is 4.04. The van der Waals surface area contributed by atoms with E-state index in [9.17, 15) is 19.1 Å². The number of ether oxygens (including phenoxy) is 1. The van der Waals surface area contributed by atoms with E-state index < -0.39 is 23.1 Å². The van der Waals surface area contributed by atoms with Crippen molar-refractivity contribution in [1.82, 2.24) is 19.7 Å². The molecule has 28 heavy (non-hydrogen) atoms. The van der Waals surface area contributed by atoms with Crippen molar-refractivity contribution >= 4 is 11.9 Å². The second-order valence-electron chi connectivity index (χ2n) is 7.31. The summed E-state index contributed by atoms with van der Waals surface area (Å²) in [5, 5.41) is 13.8. The maximum Gasteiger partial charge on any atom is 0.313 e. The minimum atomic E-state index is -1.14. The van der Waals surface area contributed by atoms with E-state index in [1.165, 1.54) is 22.8 Å². The first-order chi connectivity index (χ1) is 13.3. The second kappa shape index (κ2) is 7.67. The molecule has 1 aliphatic heterocycles. The summed E-state index contributed by atoms with van der Waals surface area (Å²) in [6, 6.07) is 6.13. The Kier molecular flexibility index (Phi) is 5.46. The average molecular weight is 390 g/mol. The van der Waals surface area contributed by atoms with Gasteiger partial charge in [0.15, 0.2) is 0 Å². The highest BCUT2D eigenvalue weighted by molar-refractivity contribution is 5.91. The Morgan fingerprint density at radius 1 is 1.36 bits per heavy atom. The lowest BCUT2D eigenvalue weighted by Gasteiger charge is -2.23. The first kappa shape index (κ1) is 19.9. The van der Waals surface area contributed by atoms with E-state index in [1.807, 2.05) is 13.8 Å². The highest BCUT2D eigenvalue weighted by atomic mass is 19.1. The van der Waals surface area contributed by atoms with Crippen LogP contribution in [0.3, 0.4) is 0 Å². The van der Waals surface area contributed by atoms with E-state index in [2.05, 4.69) is 10.1 Å². The largest absolute Gasteiger partial charge is 0.481 e. The van der Waals surface area contributed by atoms with Crippen LogP contribution in [0.15, 0.2) is 24.3 Å². The van der Waals surface area contributed by atoms with Crippen molar-refractivity contribution < 1.29 is 23.8 Å². The Labute approximate surface area is 161 Å². The van der Waals surface area contributed by atoms with Crippen molar-refractivity contribution in [3.05, 3.63) is 41.7 Å². The Morgan fingerprint density at radius 3 is 2.68 bits per heavy atom. The molecule has 1 N–H and O–H groups in total. The zero-order valence-corrected chi connectivity index (χ0v) is 16.1. The fraction of sp³-hybridized carbons (Fsp3) is 0.474. The predicted octanol–water partition coefficient (Wildman–Crippen LogP) is 2.09. The zero-order chi connectivity index (χ0) is 20.5. The average Bonchev–Trinajstić information content (AvgIpc) is 3.27. The number of carboxylic acid groups (broad SMARTS) is 1. The van der Waals surface area contributed by atoms with Crippen LogP contribution in [0.25, 0.3) is 5.69 Å². The fourth-order valence-corrected chi connectivity index (χ4v) is 3.41. The first-order valence-electron chi connectivity index (χ1n) is 9.02. The van der Waals surface area contributed by atoms with Crippen LogP contribution in [0.1, 0.15) is 42.6 Å². The highest BCUT2D eigenvalue weighted by Crippen LogP contribution is 2.32. The number of carbonyl (C=O) groups is 2. The molecule has 8 nitrogen and oxygen atoms in total. The number of nitrogens with zero attached hydrogens (tertiary/aromatic N) is 4. The van der Waals surface area contributed by atoms with Gasteiger partial charge in [-0.15, -0.1) is 5.10 Å². The van der Waals surface area contributed by atoms with Crippen LogP contribution in [-0.2, 0) is 9.53 Å². The number of hydrogen-bond donors (Lipinski definition) is 1. The molecule has 1 aromatic carbocycles. The quantitative estimate of drug-likeness (QED) is 0.811. The smallest absolute Gasteiger partial charge is 0.313 e. The lowest BCUT2D eigenvalue weighted by atomic mass is 9.88. The summed E-state index contributed by atoms with van der Waals surface area (Å²) in [7, 11) is 1.43. The van der Waals surface area contributed by atoms with Crippen LogP contribution in [0.5, 0.6) is 0 Å². The summed E-state index contributed by atoms with van der Waals surface area (Å²) in [5.74, 6) is -1.67. The minimum absolute atomic E-state index is 0.0141. The molecule has 0 spiro atoms. The number of para-hydroxylation sites is 1. The Morgan fingerprint density at radius 2 is 2.07 bits per heavy atom. The van der Waals surface area contributed by atoms with Crippen molar-refractivity contribution in [2.24, 2.45) is 5.41 Å². The molecule has 0 radical (unpaired) electrons. The van der Waals surface area contributed by atoms with E-state index in [0.717, 1.165) is 0 Å². The van der Waals surface area contributed by atoms with Crippen LogP contribution in [-0.4, -0.2) is 63.5 Å². The Bertz CT molecular complexity index is 898. The molecule has 1 amide bonds. The number of carboxylic acids is 1. The molecule has 1 aromatic heterocycles. The van der Waals surface area contributed by atoms with Crippen molar-refractivity contribution in [1.29, 1.82) is 0 Å². The van der Waals surface area contributed by atoms with Gasteiger partial charge in [-0.3, -0.25) is 9.59 Å². The molecule has 1 saturated heterocycles. The van der Waals surface area contributed by atoms with Gasteiger partial charge in [0.25, 0.3) is 5.91 Å². The predicted molar refractivity (Wildman–Crippen MR) is 97.9 cm³/mol. The van der Waals surface area contributed by atoms with Gasteiger partial charge in [-0.05, 0) is 18.6 Å². The third kappa shape index (κ3) is 3.49. The van der Waals surface area contributed by atoms with Gasteiger partial charge in [-0.1, -0.05) is 26.0 Å². The van der Waals surface area contributed by atoms with Gasteiger partial charge in [0.05, 0.1) is 6.61 Å². The minimum Gasteiger partial charge on any atom is -0.481 e. The lowest BCUT2D eigenvalue weighted by molar-refractivity contribution is -0.151. The molecule has 150 valence electrons. The van der Waals surface area contributed by atoms with Crippen LogP contribution < -0.4 is 0 Å². The molecule has 1 atom stereocenters. The van der Waals surface area contributed by atoms with E-state index >= 15 is 0 Å². The molecule has 1 unspecified atom stereocenters. The van der Waals surface area contributed by atoms with E-state index in [0.29, 0.717) is 5.82 Å². The lowest BCUT2D eigenvalue weighted by Crippen LogP contribution is -2.40. The number of amides is 1. The number of hydrogen-bond acceptors (Lipinski definition) is 5. The molecule has 1 fully saturated rings. The molecule has 0 saturated carbocycles. The van der Waals surface area contributed by atoms with Gasteiger partial charge >= 0.3 is 5.97 Å². The molecule has 3 rings (SSSR count). The first-order valence-corrected chi connectivity index (χ1v) is 9.02. The summed E-state index contributed by atoms with van der Waals surface area (Å²) in [4.78, 5) is 30.4. The summed E-state index contributed by atoms with van der Waals surface area (Å²) >= 11 is 0. The van der Waals surface area contributed by atoms with E-state index in [1.54, 1.807) is 18.2 Å². The number of carbonyl (C=O) groups excluding carboxylic acids is 1. The van der Waals surface area contributed by atoms with Crippen molar-refractivity contribution in [2.45, 2.75) is 26.2 Å². The number of halogens is 1. The van der Waals surface area contributed by atoms with Gasteiger partial charge < -0.3 is 14.7 Å². The van der Waals surface area contributed by atoms with Gasteiger partial charge in [-0.2, -0.15) is 0 Å². The van der Waals surface area contributed by atoms with Crippen LogP contribution >= 0.6 is 0 Å². The standard InChI is InChI=1S/C19H23FN4O4/c1-12(2)16-21-15(22-24(16)14-7-5-4-6-13(14)20)17(25)23-9-8-19(10-23,11-28-3)18(26)27/h4-7,12H,8-11H2,1-3H3,(H,26,27). The van der Waals surface area contributed by atoms with E-state index in [4.69, 9.17) is 4.74 Å². The SMILES string of the molecule is COCC1(C(=O)O)CCN(C(=O)c2nc(C(C)C)n(-c3ccccc3F)n2)C1. The Hall–Kier alpha value is -2.81. The van der Waals surface area contributed by atoms with Crippen molar-refractivity contribution in [3.63, 3.8) is 0 Å². The van der Waals surface area contributed by atoms with Gasteiger partial charge in [0.1, 0.15) is 22.7 Å². The molecule has 9 heteroatoms. The second-order valence-corrected chi connectivity index (χ2v) is 7.31. The van der Waals surface area contributed by atoms with Crippen molar-refractivity contribution in [2.75, 3.05) is 26.8 Å². The fourth-order valence-electron chi connectivity index (χ4n) is 3.41. The number of methoxy groups -OCH3 is 1. The number of benzene rings is 1. The van der Waals surface area contributed by atoms with Crippen LogP contribution in [0.4, 0.5) is 4.39 Å². The van der Waals surface area contributed by atoms with Crippen LogP contribution in [0, 0.1) is 11.2 Å². The van der Waals surface area contributed by atoms with Crippen LogP contribution in [0.2, 0.25) is 0 Å². The molecule has 0 aliphatic carbocycles. The zero-order valence-electron chi connectivity index (χ0n) is 16.1. The highest BCUT2D eigenvalue weighted by Gasteiger charge is 2.47. The maximum atomic E-state index is 14.2. The summed E-state index contributed by atoms with van der Waals surface area (Å²) in [6.07, 6.45) is 0.285. The number of aliphatic carboxylic acids is 1. The summed E-state index contributed by atoms with van der Waals surface area (Å²) in [5.41, 5.74) is -0.933. The molecule has 0 bridgehead atoms. The Balaban J connectivity index is 1.93. The van der Waals surface area contributed by atoms with Gasteiger partial charge in [-0.25, -0.2) is 14.1 Å². The maximum absolute atomic E-state index is 14.2. The molecular weight excluding hydrogens is 367 g/mol. The molecular formula is C19H23FN4O4. The monoisotopic (exact) mass is 390 g/mol. The number of rotatable bonds is 6.